The van der Waals surface area contributed by atoms with Crippen LogP contribution in [0.1, 0.15) is 13.8 Å². The minimum Gasteiger partial charge on any atom is -0.484 e. The highest BCUT2D eigenvalue weighted by atomic mass is 16.5. The largest absolute Gasteiger partial charge is 0.484 e. The van der Waals surface area contributed by atoms with E-state index in [0.717, 1.165) is 0 Å². The average Bonchev–Trinajstić information content (AvgIpc) is 2.67. The topological polar surface area (TPSA) is 38.8 Å². The molecule has 0 bridgehead atoms. The first kappa shape index (κ1) is 11.9. The molecule has 0 atom stereocenters. The highest BCUT2D eigenvalue weighted by molar-refractivity contribution is 5.78. The molecule has 0 aromatic heterocycles. The van der Waals surface area contributed by atoms with Gasteiger partial charge in [0, 0.05) is 6.54 Å². The predicted octanol–water partition coefficient (Wildman–Crippen LogP) is 1.66. The van der Waals surface area contributed by atoms with Crippen molar-refractivity contribution in [2.75, 3.05) is 19.8 Å². The van der Waals surface area contributed by atoms with E-state index in [9.17, 15) is 4.79 Å². The molecule has 1 aliphatic rings. The van der Waals surface area contributed by atoms with Crippen molar-refractivity contribution in [1.82, 2.24) is 4.90 Å². The molecule has 4 nitrogen and oxygen atoms in total. The van der Waals surface area contributed by atoms with Crippen LogP contribution in [0.25, 0.3) is 0 Å². The second-order valence-corrected chi connectivity index (χ2v) is 4.44. The van der Waals surface area contributed by atoms with E-state index in [1.165, 1.54) is 0 Å². The maximum atomic E-state index is 12.0. The fraction of sp³-hybridized carbons (Fsp3) is 0.462. The van der Waals surface area contributed by atoms with Gasteiger partial charge in [-0.1, -0.05) is 18.2 Å². The predicted molar refractivity (Wildman–Crippen MR) is 63.7 cm³/mol. The third-order valence-corrected chi connectivity index (χ3v) is 2.83. The van der Waals surface area contributed by atoms with Gasteiger partial charge in [-0.2, -0.15) is 0 Å². The first-order valence-corrected chi connectivity index (χ1v) is 5.72. The number of ether oxygens (including phenoxy) is 2. The Kier molecular flexibility index (Phi) is 3.33. The lowest BCUT2D eigenvalue weighted by atomic mass is 10.2. The summed E-state index contributed by atoms with van der Waals surface area (Å²) >= 11 is 0. The normalized spacial score (nSPS) is 18.1. The fourth-order valence-corrected chi connectivity index (χ4v) is 1.90. The van der Waals surface area contributed by atoms with Gasteiger partial charge in [-0.15, -0.1) is 0 Å². The molecule has 0 radical (unpaired) electrons. The number of para-hydroxylation sites is 1. The molecule has 1 amide bonds. The Hall–Kier alpha value is -1.55. The van der Waals surface area contributed by atoms with Crippen LogP contribution < -0.4 is 4.74 Å². The van der Waals surface area contributed by atoms with Gasteiger partial charge >= 0.3 is 0 Å². The van der Waals surface area contributed by atoms with E-state index in [1.807, 2.05) is 44.2 Å². The highest BCUT2D eigenvalue weighted by Crippen LogP contribution is 2.22. The zero-order valence-corrected chi connectivity index (χ0v) is 10.2. The molecule has 1 aromatic rings. The summed E-state index contributed by atoms with van der Waals surface area (Å²) < 4.78 is 10.9. The number of carbonyl (C=O) groups is 1. The quantitative estimate of drug-likeness (QED) is 0.799. The Balaban J connectivity index is 1.90. The molecular formula is C13H17NO3. The monoisotopic (exact) mass is 235 g/mol. The zero-order valence-electron chi connectivity index (χ0n) is 10.2. The van der Waals surface area contributed by atoms with Gasteiger partial charge in [0.2, 0.25) is 0 Å². The van der Waals surface area contributed by atoms with Gasteiger partial charge in [0.25, 0.3) is 5.91 Å². The van der Waals surface area contributed by atoms with Crippen molar-refractivity contribution in [1.29, 1.82) is 0 Å². The smallest absolute Gasteiger partial charge is 0.262 e. The van der Waals surface area contributed by atoms with Crippen LogP contribution in [0.2, 0.25) is 0 Å². The third kappa shape index (κ3) is 2.77. The maximum absolute atomic E-state index is 12.0. The SMILES string of the molecule is CC1(C)OCCN1C(=O)COc1ccccc1. The molecular weight excluding hydrogens is 218 g/mol. The summed E-state index contributed by atoms with van der Waals surface area (Å²) in [6, 6.07) is 9.33. The van der Waals surface area contributed by atoms with Gasteiger partial charge in [0.1, 0.15) is 11.5 Å². The van der Waals surface area contributed by atoms with Crippen molar-refractivity contribution in [2.45, 2.75) is 19.6 Å². The number of rotatable bonds is 3. The molecule has 1 saturated heterocycles. The van der Waals surface area contributed by atoms with E-state index < -0.39 is 5.72 Å². The molecule has 1 heterocycles. The maximum Gasteiger partial charge on any atom is 0.262 e. The molecule has 0 saturated carbocycles. The lowest BCUT2D eigenvalue weighted by Crippen LogP contribution is -2.45. The standard InChI is InChI=1S/C13H17NO3/c1-13(2)14(8-9-17-13)12(15)10-16-11-6-4-3-5-7-11/h3-7H,8-10H2,1-2H3. The van der Waals surface area contributed by atoms with E-state index in [4.69, 9.17) is 9.47 Å². The lowest BCUT2D eigenvalue weighted by Gasteiger charge is -2.29. The Labute approximate surface area is 101 Å². The van der Waals surface area contributed by atoms with E-state index in [1.54, 1.807) is 4.90 Å². The summed E-state index contributed by atoms with van der Waals surface area (Å²) in [6.07, 6.45) is 0. The molecule has 92 valence electrons. The van der Waals surface area contributed by atoms with Gasteiger partial charge in [0.15, 0.2) is 6.61 Å². The van der Waals surface area contributed by atoms with Crippen LogP contribution >= 0.6 is 0 Å². The first-order valence-electron chi connectivity index (χ1n) is 5.72. The number of hydrogen-bond acceptors (Lipinski definition) is 3. The summed E-state index contributed by atoms with van der Waals surface area (Å²) in [5, 5.41) is 0. The molecule has 17 heavy (non-hydrogen) atoms. The molecule has 4 heteroatoms. The minimum atomic E-state index is -0.517. The number of amides is 1. The fourth-order valence-electron chi connectivity index (χ4n) is 1.90. The van der Waals surface area contributed by atoms with Crippen molar-refractivity contribution >= 4 is 5.91 Å². The van der Waals surface area contributed by atoms with Gasteiger partial charge in [0.05, 0.1) is 6.61 Å². The van der Waals surface area contributed by atoms with Crippen molar-refractivity contribution in [3.63, 3.8) is 0 Å². The second kappa shape index (κ2) is 4.75. The van der Waals surface area contributed by atoms with Gasteiger partial charge in [-0.25, -0.2) is 0 Å². The van der Waals surface area contributed by atoms with Crippen LogP contribution in [0.3, 0.4) is 0 Å². The van der Waals surface area contributed by atoms with Crippen molar-refractivity contribution in [3.8, 4) is 5.75 Å². The van der Waals surface area contributed by atoms with Gasteiger partial charge < -0.3 is 14.4 Å². The molecule has 1 aliphatic heterocycles. The van der Waals surface area contributed by atoms with Crippen LogP contribution in [0.4, 0.5) is 0 Å². The molecule has 0 unspecified atom stereocenters. The minimum absolute atomic E-state index is 0.0450. The van der Waals surface area contributed by atoms with Crippen molar-refractivity contribution < 1.29 is 14.3 Å². The van der Waals surface area contributed by atoms with Crippen LogP contribution in [-0.2, 0) is 9.53 Å². The van der Waals surface area contributed by atoms with Gasteiger partial charge in [-0.05, 0) is 26.0 Å². The number of nitrogens with zero attached hydrogens (tertiary/aromatic N) is 1. The molecule has 2 rings (SSSR count). The third-order valence-electron chi connectivity index (χ3n) is 2.83. The van der Waals surface area contributed by atoms with Crippen molar-refractivity contribution in [3.05, 3.63) is 30.3 Å². The number of hydrogen-bond donors (Lipinski definition) is 0. The average molecular weight is 235 g/mol. The molecule has 0 spiro atoms. The molecule has 1 fully saturated rings. The Morgan fingerprint density at radius 3 is 2.71 bits per heavy atom. The van der Waals surface area contributed by atoms with Crippen LogP contribution in [0, 0.1) is 0 Å². The zero-order chi connectivity index (χ0) is 12.3. The van der Waals surface area contributed by atoms with Crippen LogP contribution in [0.5, 0.6) is 5.75 Å². The summed E-state index contributed by atoms with van der Waals surface area (Å²) in [5.74, 6) is 0.662. The Morgan fingerprint density at radius 2 is 2.12 bits per heavy atom. The van der Waals surface area contributed by atoms with Crippen LogP contribution in [-0.4, -0.2) is 36.3 Å². The van der Waals surface area contributed by atoms with E-state index in [-0.39, 0.29) is 12.5 Å². The van der Waals surface area contributed by atoms with Crippen LogP contribution in [0.15, 0.2) is 30.3 Å². The number of benzene rings is 1. The second-order valence-electron chi connectivity index (χ2n) is 4.44. The lowest BCUT2D eigenvalue weighted by molar-refractivity contribution is -0.146. The molecule has 0 aliphatic carbocycles. The summed E-state index contributed by atoms with van der Waals surface area (Å²) in [5.41, 5.74) is -0.517. The number of carbonyl (C=O) groups excluding carboxylic acids is 1. The van der Waals surface area contributed by atoms with E-state index in [2.05, 4.69) is 0 Å². The summed E-state index contributed by atoms with van der Waals surface area (Å²) in [6.45, 7) is 5.05. The molecule has 0 N–H and O–H groups in total. The van der Waals surface area contributed by atoms with Gasteiger partial charge in [-0.3, -0.25) is 4.79 Å². The molecule has 1 aromatic carbocycles. The Morgan fingerprint density at radius 1 is 1.41 bits per heavy atom. The summed E-state index contributed by atoms with van der Waals surface area (Å²) in [7, 11) is 0. The van der Waals surface area contributed by atoms with Crippen molar-refractivity contribution in [2.24, 2.45) is 0 Å². The first-order chi connectivity index (χ1) is 8.09. The van der Waals surface area contributed by atoms with E-state index >= 15 is 0 Å². The Bertz CT molecular complexity index is 389. The highest BCUT2D eigenvalue weighted by Gasteiger charge is 2.36. The van der Waals surface area contributed by atoms with E-state index in [0.29, 0.717) is 18.9 Å². The summed E-state index contributed by atoms with van der Waals surface area (Å²) in [4.78, 5) is 13.7.